The maximum absolute atomic E-state index is 12.2. The first-order valence-electron chi connectivity index (χ1n) is 7.65. The van der Waals surface area contributed by atoms with Crippen LogP contribution in [0.3, 0.4) is 0 Å². The molecule has 10 nitrogen and oxygen atoms in total. The first-order valence-corrected chi connectivity index (χ1v) is 7.65. The summed E-state index contributed by atoms with van der Waals surface area (Å²) in [7, 11) is 0. The van der Waals surface area contributed by atoms with Gasteiger partial charge in [0.25, 0.3) is 11.5 Å². The molecule has 0 radical (unpaired) electrons. The van der Waals surface area contributed by atoms with Crippen LogP contribution < -0.4 is 5.43 Å². The minimum atomic E-state index is -0.575. The number of aromatic nitrogens is 4. The quantitative estimate of drug-likeness (QED) is 0.433. The summed E-state index contributed by atoms with van der Waals surface area (Å²) in [5, 5.41) is 18.8. The molecule has 1 amide bonds. The first kappa shape index (κ1) is 17.1. The topological polar surface area (TPSA) is 128 Å². The number of carbonyl (C=O) groups excluding carboxylic acids is 1. The number of carbonyl (C=O) groups is 1. The molecule has 1 N–H and O–H groups in total. The standard InChI is InChI=1S/C16H15N7O3/c1-9-8-10(2)22-16(17-9)18-14(21-22)15(24)20-19-11(3)12-4-6-13(7-5-12)23(25)26/h4-8H,1-3H3,(H,20,24)/b19-11+. The van der Waals surface area contributed by atoms with E-state index < -0.39 is 10.8 Å². The Bertz CT molecular complexity index is 1040. The Morgan fingerprint density at radius 3 is 2.58 bits per heavy atom. The van der Waals surface area contributed by atoms with E-state index in [1.54, 1.807) is 19.1 Å². The summed E-state index contributed by atoms with van der Waals surface area (Å²) < 4.78 is 1.48. The average molecular weight is 353 g/mol. The third kappa shape index (κ3) is 3.38. The van der Waals surface area contributed by atoms with E-state index in [4.69, 9.17) is 0 Å². The maximum Gasteiger partial charge on any atom is 0.311 e. The van der Waals surface area contributed by atoms with Gasteiger partial charge >= 0.3 is 5.91 Å². The monoisotopic (exact) mass is 353 g/mol. The van der Waals surface area contributed by atoms with Crippen LogP contribution in [0.4, 0.5) is 5.69 Å². The third-order valence-electron chi connectivity index (χ3n) is 3.64. The molecule has 0 spiro atoms. The van der Waals surface area contributed by atoms with Crippen molar-refractivity contribution in [3.8, 4) is 0 Å². The van der Waals surface area contributed by atoms with Crippen molar-refractivity contribution in [2.75, 3.05) is 0 Å². The second-order valence-corrected chi connectivity index (χ2v) is 5.63. The molecule has 0 unspecified atom stereocenters. The lowest BCUT2D eigenvalue weighted by Crippen LogP contribution is -2.20. The zero-order chi connectivity index (χ0) is 18.8. The van der Waals surface area contributed by atoms with Crippen molar-refractivity contribution in [2.45, 2.75) is 20.8 Å². The van der Waals surface area contributed by atoms with Gasteiger partial charge in [-0.2, -0.15) is 10.1 Å². The molecule has 0 bridgehead atoms. The zero-order valence-electron chi connectivity index (χ0n) is 14.3. The molecule has 2 aromatic heterocycles. The van der Waals surface area contributed by atoms with Crippen LogP contribution in [0.25, 0.3) is 5.78 Å². The van der Waals surface area contributed by atoms with Crippen molar-refractivity contribution < 1.29 is 9.72 Å². The minimum absolute atomic E-state index is 0.0161. The van der Waals surface area contributed by atoms with Crippen LogP contribution in [0.1, 0.15) is 34.5 Å². The smallest absolute Gasteiger partial charge is 0.264 e. The zero-order valence-corrected chi connectivity index (χ0v) is 14.3. The highest BCUT2D eigenvalue weighted by molar-refractivity contribution is 6.00. The summed E-state index contributed by atoms with van der Waals surface area (Å²) in [4.78, 5) is 30.7. The van der Waals surface area contributed by atoms with Crippen molar-refractivity contribution in [1.82, 2.24) is 25.0 Å². The summed E-state index contributed by atoms with van der Waals surface area (Å²) in [5.74, 6) is -0.288. The van der Waals surface area contributed by atoms with E-state index in [-0.39, 0.29) is 11.5 Å². The Morgan fingerprint density at radius 1 is 1.23 bits per heavy atom. The summed E-state index contributed by atoms with van der Waals surface area (Å²) >= 11 is 0. The van der Waals surface area contributed by atoms with Crippen LogP contribution in [0.2, 0.25) is 0 Å². The van der Waals surface area contributed by atoms with E-state index in [0.29, 0.717) is 17.1 Å². The Balaban J connectivity index is 1.78. The van der Waals surface area contributed by atoms with Crippen LogP contribution in [0.5, 0.6) is 0 Å². The molecule has 0 aliphatic carbocycles. The number of non-ortho nitro benzene ring substituents is 1. The summed E-state index contributed by atoms with van der Waals surface area (Å²) in [6.45, 7) is 5.35. The predicted octanol–water partition coefficient (Wildman–Crippen LogP) is 1.80. The number of benzene rings is 1. The first-order chi connectivity index (χ1) is 12.3. The van der Waals surface area contributed by atoms with Gasteiger partial charge < -0.3 is 0 Å². The Morgan fingerprint density at radius 2 is 1.92 bits per heavy atom. The van der Waals surface area contributed by atoms with Crippen LogP contribution in [0, 0.1) is 24.0 Å². The molecular weight excluding hydrogens is 338 g/mol. The van der Waals surface area contributed by atoms with Gasteiger partial charge in [0.1, 0.15) is 0 Å². The number of hydrazone groups is 1. The molecule has 10 heteroatoms. The number of nitrogens with one attached hydrogen (secondary N) is 1. The van der Waals surface area contributed by atoms with E-state index in [9.17, 15) is 14.9 Å². The van der Waals surface area contributed by atoms with Crippen LogP contribution >= 0.6 is 0 Å². The molecule has 0 saturated heterocycles. The van der Waals surface area contributed by atoms with Crippen molar-refractivity contribution in [3.63, 3.8) is 0 Å². The van der Waals surface area contributed by atoms with Crippen LogP contribution in [-0.2, 0) is 0 Å². The molecular formula is C16H15N7O3. The van der Waals surface area contributed by atoms with Crippen LogP contribution in [-0.4, -0.2) is 36.1 Å². The number of rotatable bonds is 4. The number of hydrogen-bond acceptors (Lipinski definition) is 7. The fourth-order valence-corrected chi connectivity index (χ4v) is 2.34. The van der Waals surface area contributed by atoms with Gasteiger partial charge in [-0.3, -0.25) is 14.9 Å². The SMILES string of the molecule is C/C(=N\NC(=O)c1nc2nc(C)cc(C)n2n1)c1ccc([N+](=O)[O-])cc1. The Labute approximate surface area is 147 Å². The summed E-state index contributed by atoms with van der Waals surface area (Å²) in [6.07, 6.45) is 0. The second kappa shape index (κ2) is 6.67. The third-order valence-corrected chi connectivity index (χ3v) is 3.64. The van der Waals surface area contributed by atoms with Crippen molar-refractivity contribution >= 4 is 23.1 Å². The molecule has 0 aliphatic heterocycles. The maximum atomic E-state index is 12.2. The number of hydrogen-bond donors (Lipinski definition) is 1. The average Bonchev–Trinajstić information content (AvgIpc) is 3.04. The molecule has 1 aromatic carbocycles. The molecule has 0 atom stereocenters. The van der Waals surface area contributed by atoms with E-state index >= 15 is 0 Å². The van der Waals surface area contributed by atoms with Gasteiger partial charge in [-0.05, 0) is 44.5 Å². The number of aryl methyl sites for hydroxylation is 2. The van der Waals surface area contributed by atoms with Crippen molar-refractivity contribution in [2.24, 2.45) is 5.10 Å². The largest absolute Gasteiger partial charge is 0.311 e. The molecule has 0 saturated carbocycles. The fourth-order valence-electron chi connectivity index (χ4n) is 2.34. The van der Waals surface area contributed by atoms with E-state index in [1.165, 1.54) is 16.6 Å². The van der Waals surface area contributed by atoms with Gasteiger partial charge in [-0.15, -0.1) is 5.10 Å². The second-order valence-electron chi connectivity index (χ2n) is 5.63. The summed E-state index contributed by atoms with van der Waals surface area (Å²) in [6, 6.07) is 7.69. The predicted molar refractivity (Wildman–Crippen MR) is 93.0 cm³/mol. The van der Waals surface area contributed by atoms with Crippen LogP contribution in [0.15, 0.2) is 35.4 Å². The van der Waals surface area contributed by atoms with E-state index in [1.807, 2.05) is 19.9 Å². The van der Waals surface area contributed by atoms with Gasteiger partial charge in [0, 0.05) is 23.5 Å². The highest BCUT2D eigenvalue weighted by Crippen LogP contribution is 2.12. The van der Waals surface area contributed by atoms with Gasteiger partial charge in [0.2, 0.25) is 5.82 Å². The highest BCUT2D eigenvalue weighted by Gasteiger charge is 2.15. The molecule has 0 aliphatic rings. The fraction of sp³-hybridized carbons (Fsp3) is 0.188. The lowest BCUT2D eigenvalue weighted by atomic mass is 10.1. The van der Waals surface area contributed by atoms with Gasteiger partial charge in [0.05, 0.1) is 10.6 Å². The molecule has 3 rings (SSSR count). The molecule has 132 valence electrons. The lowest BCUT2D eigenvalue weighted by Gasteiger charge is -2.01. The number of nitrogens with zero attached hydrogens (tertiary/aromatic N) is 6. The van der Waals surface area contributed by atoms with Gasteiger partial charge in [0.15, 0.2) is 0 Å². The van der Waals surface area contributed by atoms with Gasteiger partial charge in [-0.1, -0.05) is 0 Å². The Hall–Kier alpha value is -3.69. The number of nitro benzene ring substituents is 1. The van der Waals surface area contributed by atoms with E-state index in [2.05, 4.69) is 25.6 Å². The molecule has 0 fully saturated rings. The minimum Gasteiger partial charge on any atom is -0.264 e. The van der Waals surface area contributed by atoms with E-state index in [0.717, 1.165) is 11.4 Å². The Kier molecular flexibility index (Phi) is 4.40. The summed E-state index contributed by atoms with van der Waals surface area (Å²) in [5.41, 5.74) is 5.08. The molecule has 2 heterocycles. The number of amides is 1. The normalized spacial score (nSPS) is 11.6. The van der Waals surface area contributed by atoms with Crippen molar-refractivity contribution in [1.29, 1.82) is 0 Å². The molecule has 3 aromatic rings. The highest BCUT2D eigenvalue weighted by atomic mass is 16.6. The number of fused-ring (bicyclic) bond motifs is 1. The number of nitro groups is 1. The lowest BCUT2D eigenvalue weighted by molar-refractivity contribution is -0.384. The molecule has 26 heavy (non-hydrogen) atoms. The van der Waals surface area contributed by atoms with Gasteiger partial charge in [-0.25, -0.2) is 14.9 Å². The van der Waals surface area contributed by atoms with Crippen molar-refractivity contribution in [3.05, 3.63) is 63.2 Å².